The Morgan fingerprint density at radius 2 is 1.79 bits per heavy atom. The van der Waals surface area contributed by atoms with Crippen molar-refractivity contribution in [3.8, 4) is 0 Å². The number of pyridine rings is 1. The predicted molar refractivity (Wildman–Crippen MR) is 68.6 cm³/mol. The lowest BCUT2D eigenvalue weighted by Crippen LogP contribution is -2.64. The van der Waals surface area contributed by atoms with Gasteiger partial charge in [0.2, 0.25) is 0 Å². The number of carbonyl (C=O) groups excluding carboxylic acids is 1. The van der Waals surface area contributed by atoms with Crippen LogP contribution in [-0.4, -0.2) is 19.2 Å². The van der Waals surface area contributed by atoms with E-state index >= 15 is 0 Å². The highest BCUT2D eigenvalue weighted by Crippen LogP contribution is 2.26. The number of rotatable bonds is 1. The molecule has 1 aromatic carbocycles. The first-order chi connectivity index (χ1) is 9.20. The normalized spacial score (nSPS) is 22.2. The number of nitrogens with zero attached hydrogens (tertiary/aromatic N) is 2. The maximum Gasteiger partial charge on any atom is 0.324 e. The summed E-state index contributed by atoms with van der Waals surface area (Å²) in [6.45, 7) is 0. The minimum Gasteiger partial charge on any atom is -0.817 e. The van der Waals surface area contributed by atoms with E-state index in [1.165, 1.54) is 0 Å². The number of likely N-dealkylation sites (N-methyl/N-ethyl adjacent to an activating group) is 1. The van der Waals surface area contributed by atoms with Crippen LogP contribution in [0.2, 0.25) is 0 Å². The van der Waals surface area contributed by atoms with Crippen molar-refractivity contribution in [1.82, 2.24) is 0 Å². The zero-order valence-corrected chi connectivity index (χ0v) is 10.6. The number of anilines is 1. The molecule has 0 saturated heterocycles. The Labute approximate surface area is 111 Å². The number of carbonyl (C=O) groups is 1. The largest absolute Gasteiger partial charge is 0.817 e. The average Bonchev–Trinajstić information content (AvgIpc) is 2.46. The van der Waals surface area contributed by atoms with E-state index < -0.39 is 12.1 Å². The molecular weight excluding hydrogens is 240 g/mol. The molecule has 1 aliphatic rings. The molecule has 0 N–H and O–H groups in total. The number of hydrogen-bond donors (Lipinski definition) is 0. The van der Waals surface area contributed by atoms with Crippen molar-refractivity contribution in [1.29, 1.82) is 0 Å². The second-order valence-corrected chi connectivity index (χ2v) is 4.66. The molecule has 0 fully saturated rings. The van der Waals surface area contributed by atoms with E-state index in [0.717, 1.165) is 5.56 Å². The first kappa shape index (κ1) is 11.9. The molecule has 2 atom stereocenters. The van der Waals surface area contributed by atoms with E-state index in [-0.39, 0.29) is 5.91 Å². The van der Waals surface area contributed by atoms with Gasteiger partial charge >= 0.3 is 5.91 Å². The fraction of sp³-hybridized carbons (Fsp3) is 0.200. The van der Waals surface area contributed by atoms with Gasteiger partial charge in [0.05, 0.1) is 13.2 Å². The molecule has 2 unspecified atom stereocenters. The van der Waals surface area contributed by atoms with Crippen molar-refractivity contribution < 1.29 is 14.5 Å². The maximum absolute atomic E-state index is 12.5. The van der Waals surface area contributed by atoms with Gasteiger partial charge in [0, 0.05) is 12.3 Å². The van der Waals surface area contributed by atoms with Crippen LogP contribution in [0.25, 0.3) is 0 Å². The summed E-state index contributed by atoms with van der Waals surface area (Å²) >= 11 is 0. The van der Waals surface area contributed by atoms with Crippen LogP contribution >= 0.6 is 0 Å². The minimum absolute atomic E-state index is 0.167. The van der Waals surface area contributed by atoms with E-state index in [9.17, 15) is 9.90 Å². The molecule has 0 bridgehead atoms. The highest BCUT2D eigenvalue weighted by Gasteiger charge is 2.40. The Morgan fingerprint density at radius 1 is 1.11 bits per heavy atom. The summed E-state index contributed by atoms with van der Waals surface area (Å²) < 4.78 is 1.55. The monoisotopic (exact) mass is 254 g/mol. The van der Waals surface area contributed by atoms with E-state index in [4.69, 9.17) is 0 Å². The molecule has 0 radical (unpaired) electrons. The lowest BCUT2D eigenvalue weighted by Gasteiger charge is -2.38. The quantitative estimate of drug-likeness (QED) is 0.698. The van der Waals surface area contributed by atoms with Gasteiger partial charge in [-0.25, -0.2) is 4.79 Å². The number of aromatic nitrogens is 1. The Hall–Kier alpha value is -2.20. The van der Waals surface area contributed by atoms with Crippen molar-refractivity contribution in [2.24, 2.45) is 0 Å². The van der Waals surface area contributed by atoms with Crippen LogP contribution in [0, 0.1) is 0 Å². The molecule has 3 rings (SSSR count). The average molecular weight is 254 g/mol. The molecule has 0 spiro atoms. The van der Waals surface area contributed by atoms with Crippen LogP contribution in [0.4, 0.5) is 5.82 Å². The zero-order chi connectivity index (χ0) is 13.4. The number of hydrogen-bond acceptors (Lipinski definition) is 3. The number of fused-ring (bicyclic) bond motifs is 1. The molecule has 1 aromatic heterocycles. The summed E-state index contributed by atoms with van der Waals surface area (Å²) in [6, 6.07) is 14.6. The van der Waals surface area contributed by atoms with Gasteiger partial charge in [0.25, 0.3) is 5.82 Å². The molecule has 4 nitrogen and oxygen atoms in total. The van der Waals surface area contributed by atoms with Crippen molar-refractivity contribution in [3.05, 3.63) is 60.3 Å². The van der Waals surface area contributed by atoms with E-state index in [2.05, 4.69) is 0 Å². The van der Waals surface area contributed by atoms with Crippen LogP contribution in [0.15, 0.2) is 54.7 Å². The molecule has 2 heterocycles. The van der Waals surface area contributed by atoms with Gasteiger partial charge < -0.3 is 5.11 Å². The van der Waals surface area contributed by atoms with Gasteiger partial charge in [-0.15, -0.1) is 0 Å². The second-order valence-electron chi connectivity index (χ2n) is 4.66. The SMILES string of the molecule is CN1c2cccc[n+]2C(=O)C(c2ccccc2)C1[O-]. The van der Waals surface area contributed by atoms with Crippen LogP contribution in [-0.2, 0) is 0 Å². The molecule has 96 valence electrons. The third-order valence-electron chi connectivity index (χ3n) is 3.53. The molecule has 1 aliphatic heterocycles. The summed E-state index contributed by atoms with van der Waals surface area (Å²) in [5.41, 5.74) is 0.765. The zero-order valence-electron chi connectivity index (χ0n) is 10.6. The smallest absolute Gasteiger partial charge is 0.324 e. The van der Waals surface area contributed by atoms with Gasteiger partial charge in [0.15, 0.2) is 0 Å². The van der Waals surface area contributed by atoms with Crippen LogP contribution < -0.4 is 14.6 Å². The highest BCUT2D eigenvalue weighted by atomic mass is 16.3. The third kappa shape index (κ3) is 1.81. The first-order valence-electron chi connectivity index (χ1n) is 6.18. The Bertz CT molecular complexity index is 613. The Morgan fingerprint density at radius 3 is 2.53 bits per heavy atom. The highest BCUT2D eigenvalue weighted by molar-refractivity contribution is 5.80. The predicted octanol–water partition coefficient (Wildman–Crippen LogP) is 0.534. The van der Waals surface area contributed by atoms with Gasteiger partial charge in [-0.3, -0.25) is 4.90 Å². The minimum atomic E-state index is -1.10. The molecule has 2 aromatic rings. The molecule has 0 aliphatic carbocycles. The van der Waals surface area contributed by atoms with Crippen LogP contribution in [0.1, 0.15) is 16.3 Å². The second kappa shape index (κ2) is 4.48. The topological polar surface area (TPSA) is 47.2 Å². The summed E-state index contributed by atoms with van der Waals surface area (Å²) in [4.78, 5) is 14.1. The Kier molecular flexibility index (Phi) is 2.80. The van der Waals surface area contributed by atoms with Crippen molar-refractivity contribution in [2.75, 3.05) is 11.9 Å². The standard InChI is InChI=1S/C15H14N2O2/c1-16-12-9-5-6-10-17(12)15(19)13(14(16)18)11-7-3-2-4-8-11/h2-10,13-14H,1H3. The Balaban J connectivity index is 2.12. The summed E-state index contributed by atoms with van der Waals surface area (Å²) in [5, 5.41) is 12.5. The fourth-order valence-electron chi connectivity index (χ4n) is 2.50. The summed E-state index contributed by atoms with van der Waals surface area (Å²) in [6.07, 6.45) is 0.605. The van der Waals surface area contributed by atoms with Crippen molar-refractivity contribution in [3.63, 3.8) is 0 Å². The number of benzene rings is 1. The fourth-order valence-corrected chi connectivity index (χ4v) is 2.50. The lowest BCUT2D eigenvalue weighted by molar-refractivity contribution is -0.577. The lowest BCUT2D eigenvalue weighted by atomic mass is 9.94. The summed E-state index contributed by atoms with van der Waals surface area (Å²) in [5.74, 6) is -0.203. The molecule has 19 heavy (non-hydrogen) atoms. The van der Waals surface area contributed by atoms with E-state index in [1.54, 1.807) is 34.8 Å². The van der Waals surface area contributed by atoms with Gasteiger partial charge in [-0.1, -0.05) is 36.4 Å². The van der Waals surface area contributed by atoms with Gasteiger partial charge in [-0.05, 0) is 11.6 Å². The molecule has 4 heteroatoms. The van der Waals surface area contributed by atoms with Crippen LogP contribution in [0.5, 0.6) is 0 Å². The van der Waals surface area contributed by atoms with Gasteiger partial charge in [-0.2, -0.15) is 4.57 Å². The first-order valence-corrected chi connectivity index (χ1v) is 6.18. The van der Waals surface area contributed by atoms with Crippen molar-refractivity contribution in [2.45, 2.75) is 12.1 Å². The van der Waals surface area contributed by atoms with Gasteiger partial charge in [0.1, 0.15) is 5.92 Å². The molecule has 0 amide bonds. The van der Waals surface area contributed by atoms with E-state index in [1.807, 2.05) is 36.4 Å². The third-order valence-corrected chi connectivity index (χ3v) is 3.53. The van der Waals surface area contributed by atoms with E-state index in [0.29, 0.717) is 5.82 Å². The summed E-state index contributed by atoms with van der Waals surface area (Å²) in [7, 11) is 1.73. The van der Waals surface area contributed by atoms with Crippen molar-refractivity contribution >= 4 is 11.7 Å². The maximum atomic E-state index is 12.5. The molecule has 0 saturated carbocycles. The van der Waals surface area contributed by atoms with Crippen LogP contribution in [0.3, 0.4) is 0 Å². The molecular formula is C15H14N2O2.